The second-order valence-corrected chi connectivity index (χ2v) is 8.53. The van der Waals surface area contributed by atoms with E-state index in [4.69, 9.17) is 8.83 Å². The molecular formula is C24H21N5O4S. The lowest BCUT2D eigenvalue weighted by Crippen LogP contribution is -2.44. The third kappa shape index (κ3) is 4.62. The van der Waals surface area contributed by atoms with E-state index in [0.29, 0.717) is 17.0 Å². The standard InChI is InChI=1S/C24H21N5O4S/c30-22(16-29-20-9-2-1-8-19(20)26-27-29)28(15-18-7-4-12-33-18)23(21-10-5-13-34-21)24(31)25-14-17-6-3-11-32-17/h1-13,23H,14-16H2,(H,25,31)/t23-/m0/s1. The van der Waals surface area contributed by atoms with Gasteiger partial charge in [0, 0.05) is 4.88 Å². The minimum absolute atomic E-state index is 0.0748. The smallest absolute Gasteiger partial charge is 0.248 e. The van der Waals surface area contributed by atoms with Crippen molar-refractivity contribution in [2.24, 2.45) is 0 Å². The Morgan fingerprint density at radius 1 is 1.00 bits per heavy atom. The van der Waals surface area contributed by atoms with Crippen molar-refractivity contribution in [2.45, 2.75) is 25.7 Å². The predicted octanol–water partition coefficient (Wildman–Crippen LogP) is 3.77. The quantitative estimate of drug-likeness (QED) is 0.348. The van der Waals surface area contributed by atoms with E-state index < -0.39 is 6.04 Å². The molecule has 0 aliphatic heterocycles. The molecule has 1 aromatic carbocycles. The van der Waals surface area contributed by atoms with E-state index in [1.54, 1.807) is 41.5 Å². The second-order valence-electron chi connectivity index (χ2n) is 7.55. The van der Waals surface area contributed by atoms with Crippen molar-refractivity contribution < 1.29 is 18.4 Å². The van der Waals surface area contributed by atoms with E-state index >= 15 is 0 Å². The summed E-state index contributed by atoms with van der Waals surface area (Å²) >= 11 is 1.41. The van der Waals surface area contributed by atoms with Gasteiger partial charge in [0.15, 0.2) is 0 Å². The number of benzene rings is 1. The van der Waals surface area contributed by atoms with E-state index in [2.05, 4.69) is 15.6 Å². The Bertz CT molecular complexity index is 1360. The van der Waals surface area contributed by atoms with E-state index in [1.807, 2.05) is 41.8 Å². The van der Waals surface area contributed by atoms with E-state index in [-0.39, 0.29) is 31.4 Å². The van der Waals surface area contributed by atoms with Gasteiger partial charge >= 0.3 is 0 Å². The third-order valence-electron chi connectivity index (χ3n) is 5.32. The van der Waals surface area contributed by atoms with Gasteiger partial charge in [-0.1, -0.05) is 23.4 Å². The average Bonchev–Trinajstić information content (AvgIpc) is 3.66. The normalized spacial score (nSPS) is 12.0. The summed E-state index contributed by atoms with van der Waals surface area (Å²) in [6.07, 6.45) is 3.09. The maximum Gasteiger partial charge on any atom is 0.248 e. The van der Waals surface area contributed by atoms with Crippen LogP contribution in [0.15, 0.2) is 87.4 Å². The molecule has 0 saturated heterocycles. The molecule has 0 spiro atoms. The van der Waals surface area contributed by atoms with Gasteiger partial charge in [-0.25, -0.2) is 4.68 Å². The first-order valence-electron chi connectivity index (χ1n) is 10.6. The van der Waals surface area contributed by atoms with Crippen molar-refractivity contribution in [3.05, 3.63) is 95.0 Å². The van der Waals surface area contributed by atoms with E-state index in [9.17, 15) is 9.59 Å². The first kappa shape index (κ1) is 21.7. The summed E-state index contributed by atoms with van der Waals surface area (Å²) in [6.45, 7) is 0.258. The first-order chi connectivity index (χ1) is 16.7. The zero-order valence-corrected chi connectivity index (χ0v) is 18.9. The second kappa shape index (κ2) is 9.75. The number of carbonyl (C=O) groups excluding carboxylic acids is 2. The number of hydrogen-bond acceptors (Lipinski definition) is 7. The lowest BCUT2D eigenvalue weighted by molar-refractivity contribution is -0.142. The highest BCUT2D eigenvalue weighted by Crippen LogP contribution is 2.28. The number of para-hydroxylation sites is 1. The lowest BCUT2D eigenvalue weighted by Gasteiger charge is -2.29. The molecule has 0 radical (unpaired) electrons. The number of thiophene rings is 1. The number of nitrogens with zero attached hydrogens (tertiary/aromatic N) is 4. The van der Waals surface area contributed by atoms with Crippen molar-refractivity contribution in [1.29, 1.82) is 0 Å². The molecule has 2 amide bonds. The van der Waals surface area contributed by atoms with Crippen molar-refractivity contribution in [3.8, 4) is 0 Å². The van der Waals surface area contributed by atoms with Gasteiger partial charge in [0.2, 0.25) is 11.8 Å². The van der Waals surface area contributed by atoms with Gasteiger partial charge in [0.1, 0.15) is 29.6 Å². The zero-order valence-electron chi connectivity index (χ0n) is 18.0. The van der Waals surface area contributed by atoms with E-state index in [1.165, 1.54) is 16.2 Å². The van der Waals surface area contributed by atoms with Crippen LogP contribution >= 0.6 is 11.3 Å². The Kier molecular flexibility index (Phi) is 6.21. The Morgan fingerprint density at radius 2 is 1.79 bits per heavy atom. The molecule has 4 aromatic heterocycles. The minimum Gasteiger partial charge on any atom is -0.467 e. The fraction of sp³-hybridized carbons (Fsp3) is 0.167. The summed E-state index contributed by atoms with van der Waals surface area (Å²) in [5.74, 6) is 0.578. The summed E-state index contributed by atoms with van der Waals surface area (Å²) in [5.41, 5.74) is 1.43. The molecule has 0 fully saturated rings. The van der Waals surface area contributed by atoms with Crippen LogP contribution in [0.1, 0.15) is 22.4 Å². The first-order valence-corrected chi connectivity index (χ1v) is 11.5. The van der Waals surface area contributed by atoms with Crippen molar-refractivity contribution >= 4 is 34.2 Å². The van der Waals surface area contributed by atoms with Crippen LogP contribution < -0.4 is 5.32 Å². The number of furan rings is 2. The molecular weight excluding hydrogens is 454 g/mol. The summed E-state index contributed by atoms with van der Waals surface area (Å²) in [6, 6.07) is 17.3. The maximum atomic E-state index is 13.7. The number of fused-ring (bicyclic) bond motifs is 1. The number of amides is 2. The van der Waals surface area contributed by atoms with Gasteiger partial charge in [0.05, 0.1) is 31.1 Å². The molecule has 5 rings (SSSR count). The molecule has 5 aromatic rings. The number of rotatable bonds is 9. The van der Waals surface area contributed by atoms with Gasteiger partial charge in [-0.05, 0) is 47.8 Å². The van der Waals surface area contributed by atoms with Crippen LogP contribution in [-0.2, 0) is 29.2 Å². The van der Waals surface area contributed by atoms with Gasteiger partial charge in [0.25, 0.3) is 0 Å². The van der Waals surface area contributed by atoms with Gasteiger partial charge < -0.3 is 19.1 Å². The molecule has 10 heteroatoms. The predicted molar refractivity (Wildman–Crippen MR) is 124 cm³/mol. The molecule has 0 saturated carbocycles. The van der Waals surface area contributed by atoms with Crippen LogP contribution in [0.3, 0.4) is 0 Å². The van der Waals surface area contributed by atoms with Crippen molar-refractivity contribution in [3.63, 3.8) is 0 Å². The maximum absolute atomic E-state index is 13.7. The van der Waals surface area contributed by atoms with Crippen LogP contribution in [0.4, 0.5) is 0 Å². The molecule has 1 atom stereocenters. The molecule has 9 nitrogen and oxygen atoms in total. The third-order valence-corrected chi connectivity index (χ3v) is 6.25. The van der Waals surface area contributed by atoms with Gasteiger partial charge in [-0.3, -0.25) is 9.59 Å². The Morgan fingerprint density at radius 3 is 2.53 bits per heavy atom. The zero-order chi connectivity index (χ0) is 23.3. The molecule has 0 unspecified atom stereocenters. The fourth-order valence-electron chi connectivity index (χ4n) is 3.70. The summed E-state index contributed by atoms with van der Waals surface area (Å²) < 4.78 is 12.4. The number of aromatic nitrogens is 3. The van der Waals surface area contributed by atoms with Crippen LogP contribution in [0.25, 0.3) is 11.0 Å². The van der Waals surface area contributed by atoms with Crippen LogP contribution in [0, 0.1) is 0 Å². The molecule has 0 aliphatic carbocycles. The summed E-state index contributed by atoms with van der Waals surface area (Å²) in [7, 11) is 0. The topological polar surface area (TPSA) is 106 Å². The number of carbonyl (C=O) groups is 2. The fourth-order valence-corrected chi connectivity index (χ4v) is 4.54. The number of hydrogen-bond donors (Lipinski definition) is 1. The molecule has 0 aliphatic rings. The molecule has 1 N–H and O–H groups in total. The average molecular weight is 476 g/mol. The minimum atomic E-state index is -0.859. The summed E-state index contributed by atoms with van der Waals surface area (Å²) in [4.78, 5) is 29.3. The van der Waals surface area contributed by atoms with Gasteiger partial charge in [-0.2, -0.15) is 0 Å². The SMILES string of the molecule is O=C(NCc1ccco1)[C@H](c1cccs1)N(Cc1ccco1)C(=O)Cn1nnc2ccccc21. The Balaban J connectivity index is 1.45. The molecule has 4 heterocycles. The van der Waals surface area contributed by atoms with Crippen LogP contribution in [0.2, 0.25) is 0 Å². The van der Waals surface area contributed by atoms with Crippen LogP contribution in [0.5, 0.6) is 0 Å². The van der Waals surface area contributed by atoms with Crippen LogP contribution in [-0.4, -0.2) is 31.7 Å². The van der Waals surface area contributed by atoms with Crippen molar-refractivity contribution in [1.82, 2.24) is 25.2 Å². The Labute approximate surface area is 198 Å². The Hall–Kier alpha value is -4.18. The highest BCUT2D eigenvalue weighted by Gasteiger charge is 2.33. The lowest BCUT2D eigenvalue weighted by atomic mass is 10.1. The monoisotopic (exact) mass is 475 g/mol. The van der Waals surface area contributed by atoms with Gasteiger partial charge in [-0.15, -0.1) is 16.4 Å². The largest absolute Gasteiger partial charge is 0.467 e. The van der Waals surface area contributed by atoms with Crippen molar-refractivity contribution in [2.75, 3.05) is 0 Å². The van der Waals surface area contributed by atoms with E-state index in [0.717, 1.165) is 10.4 Å². The highest BCUT2D eigenvalue weighted by molar-refractivity contribution is 7.10. The molecule has 0 bridgehead atoms. The summed E-state index contributed by atoms with van der Waals surface area (Å²) in [5, 5.41) is 13.0. The highest BCUT2D eigenvalue weighted by atomic mass is 32.1. The molecule has 172 valence electrons. The number of nitrogens with one attached hydrogen (secondary N) is 1. The molecule has 34 heavy (non-hydrogen) atoms.